The van der Waals surface area contributed by atoms with Crippen LogP contribution in [0, 0.1) is 13.8 Å². The minimum absolute atomic E-state index is 0. The van der Waals surface area contributed by atoms with Gasteiger partial charge < -0.3 is 75.0 Å². The second-order valence-corrected chi connectivity index (χ2v) is 6.74. The molecular formula is C16H34MoN2S4. The van der Waals surface area contributed by atoms with Gasteiger partial charge in [-0.3, -0.25) is 0 Å². The molecule has 0 unspecified atom stereocenters. The van der Waals surface area contributed by atoms with Crippen LogP contribution >= 0.6 is 24.4 Å². The number of unbranched alkanes of at least 4 members (excludes halogenated alkanes) is 8. The molecule has 2 nitrogen and oxygen atoms in total. The Kier molecular flexibility index (Phi) is 58.7. The van der Waals surface area contributed by atoms with Crippen molar-refractivity contribution in [3.63, 3.8) is 0 Å². The standard InChI is InChI=1S/2C7H15.2CH3NS2.Mo/c2*1-3-5-7-6-4-2;2*2-1(3)4;/h2*1,3-7H2,2H3;2*(H3,2,3,4);/q2*-1;;;+4/p-2. The molecule has 0 atom stereocenters. The van der Waals surface area contributed by atoms with E-state index in [0.29, 0.717) is 0 Å². The molecule has 23 heavy (non-hydrogen) atoms. The Bertz CT molecular complexity index is 180. The van der Waals surface area contributed by atoms with E-state index in [9.17, 15) is 0 Å². The van der Waals surface area contributed by atoms with Gasteiger partial charge in [-0.2, -0.15) is 12.8 Å². The summed E-state index contributed by atoms with van der Waals surface area (Å²) in [6, 6.07) is 0. The molecule has 0 spiro atoms. The third-order valence-electron chi connectivity index (χ3n) is 2.21. The van der Waals surface area contributed by atoms with Gasteiger partial charge >= 0.3 is 21.1 Å². The van der Waals surface area contributed by atoms with E-state index in [2.05, 4.69) is 88.9 Å². The molecule has 0 aliphatic carbocycles. The van der Waals surface area contributed by atoms with Gasteiger partial charge in [0.2, 0.25) is 0 Å². The smallest absolute Gasteiger partial charge is 0.415 e. The van der Waals surface area contributed by atoms with E-state index in [1.54, 1.807) is 0 Å². The summed E-state index contributed by atoms with van der Waals surface area (Å²) in [5.74, 6) is 0. The van der Waals surface area contributed by atoms with Gasteiger partial charge in [0, 0.05) is 0 Å². The molecule has 7 heteroatoms. The summed E-state index contributed by atoms with van der Waals surface area (Å²) in [4.78, 5) is 0. The van der Waals surface area contributed by atoms with Gasteiger partial charge in [0.05, 0.1) is 0 Å². The Morgan fingerprint density at radius 1 is 0.739 bits per heavy atom. The minimum atomic E-state index is 0. The van der Waals surface area contributed by atoms with Crippen LogP contribution in [0.2, 0.25) is 0 Å². The van der Waals surface area contributed by atoms with Crippen LogP contribution in [0.15, 0.2) is 0 Å². The maximum Gasteiger partial charge on any atom is 4.00 e. The van der Waals surface area contributed by atoms with Crippen molar-refractivity contribution in [3.8, 4) is 0 Å². The van der Waals surface area contributed by atoms with Crippen LogP contribution in [0.4, 0.5) is 0 Å². The molecule has 0 aliphatic heterocycles. The Morgan fingerprint density at radius 2 is 0.957 bits per heavy atom. The average molecular weight is 479 g/mol. The van der Waals surface area contributed by atoms with Gasteiger partial charge in [-0.05, 0) is 0 Å². The average Bonchev–Trinajstić information content (AvgIpc) is 2.39. The number of hydrogen-bond acceptors (Lipinski definition) is 4. The molecule has 0 aromatic heterocycles. The monoisotopic (exact) mass is 480 g/mol. The van der Waals surface area contributed by atoms with Crippen molar-refractivity contribution in [2.75, 3.05) is 0 Å². The topological polar surface area (TPSA) is 52.0 Å². The van der Waals surface area contributed by atoms with E-state index in [-0.39, 0.29) is 29.7 Å². The van der Waals surface area contributed by atoms with E-state index >= 15 is 0 Å². The molecule has 138 valence electrons. The van der Waals surface area contributed by atoms with E-state index in [0.717, 1.165) is 12.8 Å². The zero-order chi connectivity index (χ0) is 18.2. The third-order valence-corrected chi connectivity index (χ3v) is 2.21. The Hall–Kier alpha value is 0.908. The van der Waals surface area contributed by atoms with E-state index < -0.39 is 0 Å². The SMILES string of the molecule is NC(=S)[S-].NC(=S)[S-].[CH2-]CCCCCC.[CH2-]CCCCCC.[Mo+4]. The van der Waals surface area contributed by atoms with Crippen molar-refractivity contribution in [2.24, 2.45) is 11.5 Å². The van der Waals surface area contributed by atoms with Gasteiger partial charge in [-0.1, -0.05) is 73.9 Å². The zero-order valence-electron chi connectivity index (χ0n) is 14.7. The fourth-order valence-electron chi connectivity index (χ4n) is 1.21. The largest absolute Gasteiger partial charge is 4.00 e. The molecule has 0 bridgehead atoms. The third kappa shape index (κ3) is 126. The van der Waals surface area contributed by atoms with Gasteiger partial charge in [0.25, 0.3) is 0 Å². The molecular weight excluding hydrogens is 444 g/mol. The quantitative estimate of drug-likeness (QED) is 0.166. The van der Waals surface area contributed by atoms with Crippen molar-refractivity contribution < 1.29 is 21.1 Å². The second-order valence-electron chi connectivity index (χ2n) is 4.47. The normalized spacial score (nSPS) is 7.83. The van der Waals surface area contributed by atoms with Crippen molar-refractivity contribution >= 4 is 58.3 Å². The molecule has 0 rings (SSSR count). The number of thiocarbonyl (C=S) groups is 2. The van der Waals surface area contributed by atoms with E-state index in [1.807, 2.05) is 0 Å². The van der Waals surface area contributed by atoms with Gasteiger partial charge in [-0.15, -0.1) is 0 Å². The first-order chi connectivity index (χ1) is 10.3. The summed E-state index contributed by atoms with van der Waals surface area (Å²) < 4.78 is 0.167. The van der Waals surface area contributed by atoms with Crippen molar-refractivity contribution in [3.05, 3.63) is 13.8 Å². The molecule has 0 radical (unpaired) electrons. The summed E-state index contributed by atoms with van der Waals surface area (Å²) in [5.41, 5.74) is 9.31. The molecule has 0 aromatic carbocycles. The van der Waals surface area contributed by atoms with Crippen LogP contribution in [0.5, 0.6) is 0 Å². The van der Waals surface area contributed by atoms with Crippen LogP contribution in [-0.4, -0.2) is 8.64 Å². The van der Waals surface area contributed by atoms with Crippen LogP contribution in [-0.2, 0) is 46.3 Å². The van der Waals surface area contributed by atoms with Crippen LogP contribution < -0.4 is 11.5 Å². The van der Waals surface area contributed by atoms with Gasteiger partial charge in [0.15, 0.2) is 0 Å². The molecule has 0 saturated heterocycles. The summed E-state index contributed by atoms with van der Waals surface area (Å²) in [5, 5.41) is 0. The van der Waals surface area contributed by atoms with E-state index in [1.165, 1.54) is 51.4 Å². The van der Waals surface area contributed by atoms with Crippen LogP contribution in [0.3, 0.4) is 0 Å². The molecule has 0 aromatic rings. The molecule has 0 aliphatic rings. The summed E-state index contributed by atoms with van der Waals surface area (Å²) >= 11 is 16.5. The Balaban J connectivity index is -0.0000000639. The summed E-state index contributed by atoms with van der Waals surface area (Å²) in [7, 11) is 0. The maximum absolute atomic E-state index is 4.66. The number of nitrogens with two attached hydrogens (primary N) is 2. The van der Waals surface area contributed by atoms with Crippen molar-refractivity contribution in [1.82, 2.24) is 0 Å². The van der Waals surface area contributed by atoms with Gasteiger partial charge in [0.1, 0.15) is 0 Å². The summed E-state index contributed by atoms with van der Waals surface area (Å²) in [6.45, 7) is 12.0. The van der Waals surface area contributed by atoms with Crippen LogP contribution in [0.25, 0.3) is 0 Å². The minimum Gasteiger partial charge on any atom is -0.415 e. The van der Waals surface area contributed by atoms with Gasteiger partial charge in [-0.25, -0.2) is 0 Å². The van der Waals surface area contributed by atoms with E-state index in [4.69, 9.17) is 0 Å². The number of hydrogen-bond donors (Lipinski definition) is 2. The molecule has 0 saturated carbocycles. The maximum atomic E-state index is 4.66. The first-order valence-corrected chi connectivity index (χ1v) is 9.44. The second kappa shape index (κ2) is 38.5. The summed E-state index contributed by atoms with van der Waals surface area (Å²) in [6.07, 6.45) is 13.0. The fraction of sp³-hybridized carbons (Fsp3) is 0.750. The number of rotatable bonds is 8. The van der Waals surface area contributed by atoms with Crippen LogP contribution in [0.1, 0.15) is 78.1 Å². The van der Waals surface area contributed by atoms with Crippen molar-refractivity contribution in [1.29, 1.82) is 0 Å². The molecule has 0 fully saturated rings. The first-order valence-electron chi connectivity index (χ1n) is 7.81. The Labute approximate surface area is 181 Å². The Morgan fingerprint density at radius 3 is 1.09 bits per heavy atom. The fourth-order valence-corrected chi connectivity index (χ4v) is 1.21. The molecule has 0 amide bonds. The molecule has 4 N–H and O–H groups in total. The molecule has 0 heterocycles. The zero-order valence-corrected chi connectivity index (χ0v) is 20.0. The van der Waals surface area contributed by atoms with Crippen molar-refractivity contribution in [2.45, 2.75) is 78.1 Å². The predicted molar refractivity (Wildman–Crippen MR) is 117 cm³/mol. The first kappa shape index (κ1) is 35.1. The predicted octanol–water partition coefficient (Wildman–Crippen LogP) is 5.13.